The largest absolute Gasteiger partial charge is 0.377 e. The van der Waals surface area contributed by atoms with Crippen LogP contribution in [0.2, 0.25) is 0 Å². The summed E-state index contributed by atoms with van der Waals surface area (Å²) in [4.78, 5) is 15.2. The van der Waals surface area contributed by atoms with Crippen LogP contribution in [-0.2, 0) is 9.53 Å². The Labute approximate surface area is 128 Å². The third-order valence-corrected chi connectivity index (χ3v) is 6.69. The number of amides is 1. The van der Waals surface area contributed by atoms with Crippen molar-refractivity contribution < 1.29 is 9.53 Å². The van der Waals surface area contributed by atoms with Crippen LogP contribution in [0.3, 0.4) is 0 Å². The molecule has 1 heterocycles. The normalized spacial score (nSPS) is 44.8. The van der Waals surface area contributed by atoms with E-state index in [0.717, 1.165) is 19.4 Å². The van der Waals surface area contributed by atoms with Gasteiger partial charge in [-0.3, -0.25) is 4.79 Å². The van der Waals surface area contributed by atoms with Crippen molar-refractivity contribution in [3.8, 4) is 0 Å². The number of carbonyl (C=O) groups excluding carboxylic acids is 1. The fourth-order valence-corrected chi connectivity index (χ4v) is 5.13. The predicted molar refractivity (Wildman–Crippen MR) is 82.7 cm³/mol. The van der Waals surface area contributed by atoms with Crippen molar-refractivity contribution in [3.05, 3.63) is 0 Å². The molecule has 2 N–H and O–H groups in total. The van der Waals surface area contributed by atoms with Crippen LogP contribution in [0.1, 0.15) is 52.9 Å². The summed E-state index contributed by atoms with van der Waals surface area (Å²) in [6.07, 6.45) is 5.93. The van der Waals surface area contributed by atoms with Gasteiger partial charge in [-0.05, 0) is 25.2 Å². The third-order valence-electron chi connectivity index (χ3n) is 6.69. The lowest BCUT2D eigenvalue weighted by Crippen LogP contribution is -2.80. The molecule has 3 rings (SSSR count). The van der Waals surface area contributed by atoms with E-state index in [-0.39, 0.29) is 23.3 Å². The lowest BCUT2D eigenvalue weighted by atomic mass is 9.47. The standard InChI is InChI=1S/C17H30N2O2/c1-11-7-5-6-8-13(11)19(4)15(20)17(18)12-9-10-21-14(12)16(17,2)3/h11-14H,5-10,18H2,1-4H3. The molecule has 3 fully saturated rings. The molecule has 0 aromatic rings. The first-order chi connectivity index (χ1) is 9.81. The molecule has 5 unspecified atom stereocenters. The summed E-state index contributed by atoms with van der Waals surface area (Å²) < 4.78 is 5.81. The zero-order valence-corrected chi connectivity index (χ0v) is 13.9. The average molecular weight is 294 g/mol. The number of carbonyl (C=O) groups is 1. The maximum absolute atomic E-state index is 13.2. The zero-order chi connectivity index (χ0) is 15.4. The minimum Gasteiger partial charge on any atom is -0.377 e. The van der Waals surface area contributed by atoms with E-state index in [2.05, 4.69) is 20.8 Å². The summed E-state index contributed by atoms with van der Waals surface area (Å²) in [7, 11) is 1.96. The van der Waals surface area contributed by atoms with E-state index in [1.807, 2.05) is 11.9 Å². The van der Waals surface area contributed by atoms with Crippen LogP contribution in [-0.4, -0.2) is 42.1 Å². The Hall–Kier alpha value is -0.610. The summed E-state index contributed by atoms with van der Waals surface area (Å²) in [5.41, 5.74) is 5.67. The molecule has 2 saturated carbocycles. The Balaban J connectivity index is 1.80. The van der Waals surface area contributed by atoms with Crippen molar-refractivity contribution in [1.82, 2.24) is 4.90 Å². The fourth-order valence-electron chi connectivity index (χ4n) is 5.13. The molecule has 0 radical (unpaired) electrons. The van der Waals surface area contributed by atoms with Crippen LogP contribution in [0, 0.1) is 17.3 Å². The summed E-state index contributed by atoms with van der Waals surface area (Å²) >= 11 is 0. The van der Waals surface area contributed by atoms with Gasteiger partial charge in [0.2, 0.25) is 5.91 Å². The Kier molecular flexibility index (Phi) is 3.61. The minimum atomic E-state index is -0.750. The lowest BCUT2D eigenvalue weighted by molar-refractivity contribution is -0.186. The van der Waals surface area contributed by atoms with Gasteiger partial charge >= 0.3 is 0 Å². The number of fused-ring (bicyclic) bond motifs is 1. The molecule has 1 amide bonds. The van der Waals surface area contributed by atoms with Crippen molar-refractivity contribution in [2.75, 3.05) is 13.7 Å². The second kappa shape index (κ2) is 4.95. The number of likely N-dealkylation sites (N-methyl/N-ethyl adjacent to an activating group) is 1. The summed E-state index contributed by atoms with van der Waals surface area (Å²) in [6.45, 7) is 7.20. The van der Waals surface area contributed by atoms with Crippen LogP contribution in [0.5, 0.6) is 0 Å². The molecule has 2 aliphatic carbocycles. The van der Waals surface area contributed by atoms with E-state index in [9.17, 15) is 4.79 Å². The van der Waals surface area contributed by atoms with Gasteiger partial charge in [0.05, 0.1) is 6.10 Å². The smallest absolute Gasteiger partial charge is 0.243 e. The molecule has 120 valence electrons. The molecule has 4 heteroatoms. The Morgan fingerprint density at radius 1 is 1.24 bits per heavy atom. The fraction of sp³-hybridized carbons (Fsp3) is 0.941. The van der Waals surface area contributed by atoms with Gasteiger partial charge in [-0.2, -0.15) is 0 Å². The second-order valence-electron chi connectivity index (χ2n) is 8.02. The van der Waals surface area contributed by atoms with Gasteiger partial charge in [-0.25, -0.2) is 0 Å². The molecule has 0 bridgehead atoms. The van der Waals surface area contributed by atoms with Crippen LogP contribution >= 0.6 is 0 Å². The van der Waals surface area contributed by atoms with Crippen molar-refractivity contribution in [1.29, 1.82) is 0 Å². The number of rotatable bonds is 2. The summed E-state index contributed by atoms with van der Waals surface area (Å²) in [6, 6.07) is 0.351. The van der Waals surface area contributed by atoms with E-state index in [0.29, 0.717) is 12.0 Å². The Morgan fingerprint density at radius 3 is 2.57 bits per heavy atom. The van der Waals surface area contributed by atoms with Crippen molar-refractivity contribution in [3.63, 3.8) is 0 Å². The minimum absolute atomic E-state index is 0.137. The molecule has 3 aliphatic rings. The highest BCUT2D eigenvalue weighted by Crippen LogP contribution is 2.58. The first-order valence-electron chi connectivity index (χ1n) is 8.49. The van der Waals surface area contributed by atoms with Gasteiger partial charge in [0.15, 0.2) is 0 Å². The van der Waals surface area contributed by atoms with Gasteiger partial charge in [0.1, 0.15) is 5.54 Å². The van der Waals surface area contributed by atoms with Gasteiger partial charge < -0.3 is 15.4 Å². The van der Waals surface area contributed by atoms with Crippen molar-refractivity contribution in [2.24, 2.45) is 23.0 Å². The lowest BCUT2D eigenvalue weighted by Gasteiger charge is -2.62. The van der Waals surface area contributed by atoms with Crippen LogP contribution in [0.25, 0.3) is 0 Å². The molecule has 1 aliphatic heterocycles. The van der Waals surface area contributed by atoms with E-state index < -0.39 is 5.54 Å². The maximum atomic E-state index is 13.2. The molecular formula is C17H30N2O2. The van der Waals surface area contributed by atoms with E-state index in [4.69, 9.17) is 10.5 Å². The van der Waals surface area contributed by atoms with Crippen LogP contribution in [0.15, 0.2) is 0 Å². The second-order valence-corrected chi connectivity index (χ2v) is 8.02. The summed E-state index contributed by atoms with van der Waals surface area (Å²) in [5.74, 6) is 0.912. The van der Waals surface area contributed by atoms with Gasteiger partial charge in [0, 0.05) is 31.0 Å². The van der Waals surface area contributed by atoms with Gasteiger partial charge in [0.25, 0.3) is 0 Å². The highest BCUT2D eigenvalue weighted by molar-refractivity contribution is 5.89. The predicted octanol–water partition coefficient (Wildman–Crippen LogP) is 2.17. The number of hydrogen-bond acceptors (Lipinski definition) is 3. The number of nitrogens with two attached hydrogens (primary N) is 1. The van der Waals surface area contributed by atoms with Gasteiger partial charge in [-0.1, -0.05) is 33.6 Å². The zero-order valence-electron chi connectivity index (χ0n) is 13.9. The molecule has 4 nitrogen and oxygen atoms in total. The molecule has 21 heavy (non-hydrogen) atoms. The van der Waals surface area contributed by atoms with Crippen molar-refractivity contribution in [2.45, 2.75) is 70.6 Å². The molecule has 0 aromatic heterocycles. The monoisotopic (exact) mass is 294 g/mol. The van der Waals surface area contributed by atoms with E-state index in [1.54, 1.807) is 0 Å². The van der Waals surface area contributed by atoms with Crippen LogP contribution in [0.4, 0.5) is 0 Å². The highest BCUT2D eigenvalue weighted by atomic mass is 16.5. The van der Waals surface area contributed by atoms with Crippen LogP contribution < -0.4 is 5.73 Å². The first-order valence-corrected chi connectivity index (χ1v) is 8.49. The molecule has 5 atom stereocenters. The van der Waals surface area contributed by atoms with E-state index >= 15 is 0 Å². The molecule has 0 aromatic carbocycles. The highest BCUT2D eigenvalue weighted by Gasteiger charge is 2.72. The molecule has 0 spiro atoms. The topological polar surface area (TPSA) is 55.6 Å². The van der Waals surface area contributed by atoms with Crippen molar-refractivity contribution >= 4 is 5.91 Å². The Bertz CT molecular complexity index is 437. The first kappa shape index (κ1) is 15.3. The molecule has 1 saturated heterocycles. The SMILES string of the molecule is CC1CCCCC1N(C)C(=O)C1(N)C2CCOC2C1(C)C. The number of hydrogen-bond donors (Lipinski definition) is 1. The summed E-state index contributed by atoms with van der Waals surface area (Å²) in [5, 5.41) is 0. The third kappa shape index (κ3) is 1.91. The molecular weight excluding hydrogens is 264 g/mol. The Morgan fingerprint density at radius 2 is 1.90 bits per heavy atom. The quantitative estimate of drug-likeness (QED) is 0.849. The number of nitrogens with zero attached hydrogens (tertiary/aromatic N) is 1. The van der Waals surface area contributed by atoms with E-state index in [1.165, 1.54) is 19.3 Å². The maximum Gasteiger partial charge on any atom is 0.243 e. The van der Waals surface area contributed by atoms with Gasteiger partial charge in [-0.15, -0.1) is 0 Å². The number of ether oxygens (including phenoxy) is 1. The average Bonchev–Trinajstić information content (AvgIpc) is 2.93.